The zero-order valence-electron chi connectivity index (χ0n) is 15.2. The third-order valence-corrected chi connectivity index (χ3v) is 5.83. The maximum Gasteiger partial charge on any atom is 0.222 e. The molecule has 25 heavy (non-hydrogen) atoms. The average molecular weight is 342 g/mol. The fourth-order valence-corrected chi connectivity index (χ4v) is 4.47. The van der Waals surface area contributed by atoms with Crippen molar-refractivity contribution < 1.29 is 9.59 Å². The fourth-order valence-electron chi connectivity index (χ4n) is 4.47. The van der Waals surface area contributed by atoms with Crippen molar-refractivity contribution in [3.63, 3.8) is 0 Å². The quantitative estimate of drug-likeness (QED) is 0.754. The molecule has 0 bridgehead atoms. The van der Waals surface area contributed by atoms with Gasteiger partial charge < -0.3 is 4.90 Å². The van der Waals surface area contributed by atoms with Crippen molar-refractivity contribution in [1.29, 1.82) is 0 Å². The summed E-state index contributed by atoms with van der Waals surface area (Å²) in [4.78, 5) is 30.9. The van der Waals surface area contributed by atoms with E-state index < -0.39 is 0 Å². The lowest BCUT2D eigenvalue weighted by Crippen LogP contribution is -2.49. The Morgan fingerprint density at radius 1 is 1.08 bits per heavy atom. The number of rotatable bonds is 7. The van der Waals surface area contributed by atoms with Gasteiger partial charge in [-0.15, -0.1) is 0 Å². The molecule has 4 nitrogen and oxygen atoms in total. The van der Waals surface area contributed by atoms with Crippen LogP contribution in [0.2, 0.25) is 0 Å². The molecule has 136 valence electrons. The Kier molecular flexibility index (Phi) is 6.60. The van der Waals surface area contributed by atoms with E-state index in [-0.39, 0.29) is 11.7 Å². The number of aromatic nitrogens is 1. The smallest absolute Gasteiger partial charge is 0.222 e. The second-order valence-corrected chi connectivity index (χ2v) is 7.59. The van der Waals surface area contributed by atoms with E-state index in [0.29, 0.717) is 31.7 Å². The molecule has 2 heterocycles. The highest BCUT2D eigenvalue weighted by molar-refractivity contribution is 5.80. The Bertz CT molecular complexity index is 571. The highest BCUT2D eigenvalue weighted by atomic mass is 16.2. The normalized spacial score (nSPS) is 23.1. The molecular formula is C21H30N2O2. The minimum Gasteiger partial charge on any atom is -0.339 e. The summed E-state index contributed by atoms with van der Waals surface area (Å²) in [7, 11) is 0. The van der Waals surface area contributed by atoms with Crippen LogP contribution in [0.25, 0.3) is 0 Å². The first kappa shape index (κ1) is 18.1. The van der Waals surface area contributed by atoms with Crippen LogP contribution in [0.15, 0.2) is 24.5 Å². The zero-order valence-corrected chi connectivity index (χ0v) is 15.2. The monoisotopic (exact) mass is 342 g/mol. The number of carbonyl (C=O) groups excluding carboxylic acids is 2. The number of likely N-dealkylation sites (tertiary alicyclic amines) is 1. The number of nitrogens with zero attached hydrogens (tertiary/aromatic N) is 2. The van der Waals surface area contributed by atoms with Crippen molar-refractivity contribution in [3.8, 4) is 0 Å². The Morgan fingerprint density at radius 3 is 2.76 bits per heavy atom. The van der Waals surface area contributed by atoms with Gasteiger partial charge >= 0.3 is 0 Å². The number of hydrogen-bond acceptors (Lipinski definition) is 3. The number of amides is 1. The van der Waals surface area contributed by atoms with Crippen molar-refractivity contribution in [1.82, 2.24) is 9.88 Å². The summed E-state index contributed by atoms with van der Waals surface area (Å²) in [5.41, 5.74) is 1.10. The molecule has 0 N–H and O–H groups in total. The van der Waals surface area contributed by atoms with Crippen LogP contribution in [0.1, 0.15) is 69.8 Å². The SMILES string of the molecule is O=C(CCCC(=O)N1CCCC2CCCCC21)CCc1cccnc1. The van der Waals surface area contributed by atoms with Gasteiger partial charge in [0.1, 0.15) is 5.78 Å². The third-order valence-electron chi connectivity index (χ3n) is 5.83. The number of carbonyl (C=O) groups is 2. The molecule has 0 aromatic carbocycles. The van der Waals surface area contributed by atoms with Crippen LogP contribution in [0.3, 0.4) is 0 Å². The molecule has 1 saturated heterocycles. The molecule has 2 unspecified atom stereocenters. The van der Waals surface area contributed by atoms with Crippen LogP contribution in [0, 0.1) is 5.92 Å². The molecule has 2 aliphatic rings. The van der Waals surface area contributed by atoms with Gasteiger partial charge in [-0.3, -0.25) is 14.6 Å². The van der Waals surface area contributed by atoms with Gasteiger partial charge in [-0.05, 0) is 56.1 Å². The van der Waals surface area contributed by atoms with E-state index in [4.69, 9.17) is 0 Å². The maximum absolute atomic E-state index is 12.6. The van der Waals surface area contributed by atoms with E-state index >= 15 is 0 Å². The number of pyridine rings is 1. The van der Waals surface area contributed by atoms with Crippen LogP contribution in [-0.4, -0.2) is 34.2 Å². The first-order valence-corrected chi connectivity index (χ1v) is 9.94. The molecule has 1 aliphatic heterocycles. The first-order chi connectivity index (χ1) is 12.2. The molecule has 1 aromatic rings. The van der Waals surface area contributed by atoms with Crippen LogP contribution < -0.4 is 0 Å². The van der Waals surface area contributed by atoms with Crippen molar-refractivity contribution in [2.24, 2.45) is 5.92 Å². The first-order valence-electron chi connectivity index (χ1n) is 9.94. The summed E-state index contributed by atoms with van der Waals surface area (Å²) in [6.45, 7) is 0.926. The largest absolute Gasteiger partial charge is 0.339 e. The van der Waals surface area contributed by atoms with Gasteiger partial charge in [0.15, 0.2) is 0 Å². The molecule has 3 rings (SSSR count). The minimum absolute atomic E-state index is 0.255. The van der Waals surface area contributed by atoms with E-state index in [1.807, 2.05) is 18.3 Å². The van der Waals surface area contributed by atoms with Gasteiger partial charge in [0.2, 0.25) is 5.91 Å². The van der Waals surface area contributed by atoms with Gasteiger partial charge in [0.05, 0.1) is 0 Å². The maximum atomic E-state index is 12.6. The number of piperidine rings is 1. The topological polar surface area (TPSA) is 50.3 Å². The molecule has 2 atom stereocenters. The summed E-state index contributed by atoms with van der Waals surface area (Å²) in [5.74, 6) is 1.26. The van der Waals surface area contributed by atoms with Gasteiger partial charge in [-0.25, -0.2) is 0 Å². The highest BCUT2D eigenvalue weighted by Crippen LogP contribution is 2.35. The lowest BCUT2D eigenvalue weighted by Gasteiger charge is -2.44. The molecule has 1 aliphatic carbocycles. The minimum atomic E-state index is 0.255. The van der Waals surface area contributed by atoms with Crippen LogP contribution in [0.4, 0.5) is 0 Å². The predicted molar refractivity (Wildman–Crippen MR) is 98.1 cm³/mol. The van der Waals surface area contributed by atoms with Crippen molar-refractivity contribution in [2.75, 3.05) is 6.54 Å². The molecule has 1 aromatic heterocycles. The van der Waals surface area contributed by atoms with Crippen LogP contribution in [-0.2, 0) is 16.0 Å². The predicted octanol–water partition coefficient (Wildman–Crippen LogP) is 3.93. The van der Waals surface area contributed by atoms with Crippen LogP contribution in [0.5, 0.6) is 0 Å². The second kappa shape index (κ2) is 9.12. The van der Waals surface area contributed by atoms with Gasteiger partial charge in [0, 0.05) is 44.2 Å². The van der Waals surface area contributed by atoms with Gasteiger partial charge in [-0.2, -0.15) is 0 Å². The molecule has 4 heteroatoms. The molecule has 0 radical (unpaired) electrons. The van der Waals surface area contributed by atoms with E-state index in [1.165, 1.54) is 32.1 Å². The van der Waals surface area contributed by atoms with E-state index in [9.17, 15) is 9.59 Å². The summed E-state index contributed by atoms with van der Waals surface area (Å²) in [6.07, 6.45) is 14.1. The van der Waals surface area contributed by atoms with Crippen LogP contribution >= 0.6 is 0 Å². The fraction of sp³-hybridized carbons (Fsp3) is 0.667. The molecule has 2 fully saturated rings. The summed E-state index contributed by atoms with van der Waals surface area (Å²) in [6, 6.07) is 4.38. The number of ketones is 1. The highest BCUT2D eigenvalue weighted by Gasteiger charge is 2.35. The Labute approximate surface area is 151 Å². The Morgan fingerprint density at radius 2 is 1.92 bits per heavy atom. The third kappa shape index (κ3) is 5.13. The number of aryl methyl sites for hydroxylation is 1. The van der Waals surface area contributed by atoms with Crippen molar-refractivity contribution in [3.05, 3.63) is 30.1 Å². The van der Waals surface area contributed by atoms with Gasteiger partial charge in [0.25, 0.3) is 0 Å². The van der Waals surface area contributed by atoms with Gasteiger partial charge in [-0.1, -0.05) is 18.9 Å². The number of fused-ring (bicyclic) bond motifs is 1. The molecular weight excluding hydrogens is 312 g/mol. The molecule has 1 amide bonds. The Balaban J connectivity index is 1.37. The summed E-state index contributed by atoms with van der Waals surface area (Å²) in [5, 5.41) is 0. The van der Waals surface area contributed by atoms with E-state index in [1.54, 1.807) is 6.20 Å². The molecule has 0 spiro atoms. The molecule has 1 saturated carbocycles. The number of hydrogen-bond donors (Lipinski definition) is 0. The lowest BCUT2D eigenvalue weighted by molar-refractivity contribution is -0.137. The van der Waals surface area contributed by atoms with Crippen molar-refractivity contribution >= 4 is 11.7 Å². The lowest BCUT2D eigenvalue weighted by atomic mass is 9.78. The average Bonchev–Trinajstić information content (AvgIpc) is 2.66. The summed E-state index contributed by atoms with van der Waals surface area (Å²) < 4.78 is 0. The Hall–Kier alpha value is -1.71. The van der Waals surface area contributed by atoms with E-state index in [0.717, 1.165) is 30.9 Å². The van der Waals surface area contributed by atoms with Crippen molar-refractivity contribution in [2.45, 2.75) is 76.7 Å². The summed E-state index contributed by atoms with van der Waals surface area (Å²) >= 11 is 0. The zero-order chi connectivity index (χ0) is 17.5. The number of Topliss-reactive ketones (excluding diaryl/α,β-unsaturated/α-hetero) is 1. The second-order valence-electron chi connectivity index (χ2n) is 7.59. The standard InChI is InChI=1S/C21H30N2O2/c24-19(13-12-17-6-4-14-22-16-17)9-3-11-21(25)23-15-5-8-18-7-1-2-10-20(18)23/h4,6,14,16,18,20H,1-3,5,7-13,15H2. The van der Waals surface area contributed by atoms with E-state index in [2.05, 4.69) is 9.88 Å².